The minimum atomic E-state index is -0.325. The summed E-state index contributed by atoms with van der Waals surface area (Å²) in [5.74, 6) is 1.57. The molecule has 0 unspecified atom stereocenters. The van der Waals surface area contributed by atoms with Crippen molar-refractivity contribution < 1.29 is 18.9 Å². The lowest BCUT2D eigenvalue weighted by atomic mass is 10.1. The minimum absolute atomic E-state index is 0.286. The highest BCUT2D eigenvalue weighted by atomic mass is 16.7. The summed E-state index contributed by atoms with van der Waals surface area (Å²) in [7, 11) is 0. The van der Waals surface area contributed by atoms with Crippen LogP contribution in [0, 0.1) is 6.92 Å². The summed E-state index contributed by atoms with van der Waals surface area (Å²) in [6, 6.07) is 3.95. The van der Waals surface area contributed by atoms with Crippen LogP contribution < -0.4 is 9.47 Å². The van der Waals surface area contributed by atoms with Gasteiger partial charge < -0.3 is 18.9 Å². The zero-order valence-corrected chi connectivity index (χ0v) is 11.9. The smallest absolute Gasteiger partial charge is 0.231 e. The molecule has 4 nitrogen and oxygen atoms in total. The number of benzene rings is 1. The standard InChI is InChI=1S/C15H22O4/c1-4-6-16-15(17-7-5-2)12-9-14-13(8-11(12)3)18-10-19-14/h8-9,15H,4-7,10H2,1-3H3. The Labute approximate surface area is 114 Å². The van der Waals surface area contributed by atoms with Gasteiger partial charge >= 0.3 is 0 Å². The normalized spacial score (nSPS) is 13.3. The van der Waals surface area contributed by atoms with E-state index in [1.54, 1.807) is 0 Å². The Balaban J connectivity index is 2.19. The SMILES string of the molecule is CCCOC(OCCC)c1cc2c(cc1C)OCO2. The van der Waals surface area contributed by atoms with Crippen molar-refractivity contribution in [3.05, 3.63) is 23.3 Å². The number of rotatable bonds is 7. The van der Waals surface area contributed by atoms with Crippen LogP contribution in [0.4, 0.5) is 0 Å². The maximum atomic E-state index is 5.80. The average molecular weight is 266 g/mol. The summed E-state index contributed by atoms with van der Waals surface area (Å²) < 4.78 is 22.4. The van der Waals surface area contributed by atoms with Gasteiger partial charge in [-0.2, -0.15) is 0 Å². The molecule has 0 fully saturated rings. The lowest BCUT2D eigenvalue weighted by molar-refractivity contribution is -0.147. The predicted molar refractivity (Wildman–Crippen MR) is 72.5 cm³/mol. The summed E-state index contributed by atoms with van der Waals surface area (Å²) in [6.07, 6.45) is 1.61. The number of hydrogen-bond acceptors (Lipinski definition) is 4. The Morgan fingerprint density at radius 2 is 1.63 bits per heavy atom. The summed E-state index contributed by atoms with van der Waals surface area (Å²) in [6.45, 7) is 7.86. The van der Waals surface area contributed by atoms with E-state index in [1.807, 2.05) is 19.1 Å². The van der Waals surface area contributed by atoms with Crippen molar-refractivity contribution in [3.63, 3.8) is 0 Å². The summed E-state index contributed by atoms with van der Waals surface area (Å²) >= 11 is 0. The summed E-state index contributed by atoms with van der Waals surface area (Å²) in [4.78, 5) is 0. The van der Waals surface area contributed by atoms with Crippen molar-refractivity contribution in [2.24, 2.45) is 0 Å². The zero-order chi connectivity index (χ0) is 13.7. The third kappa shape index (κ3) is 3.39. The van der Waals surface area contributed by atoms with Gasteiger partial charge in [-0.3, -0.25) is 0 Å². The van der Waals surface area contributed by atoms with Crippen LogP contribution in [0.3, 0.4) is 0 Å². The number of aryl methyl sites for hydroxylation is 1. The van der Waals surface area contributed by atoms with Crippen LogP contribution >= 0.6 is 0 Å². The topological polar surface area (TPSA) is 36.9 Å². The molecule has 2 rings (SSSR count). The molecule has 0 saturated carbocycles. The highest BCUT2D eigenvalue weighted by molar-refractivity contribution is 5.48. The second kappa shape index (κ2) is 6.78. The molecule has 0 aliphatic carbocycles. The molecule has 0 saturated heterocycles. The van der Waals surface area contributed by atoms with Gasteiger partial charge in [-0.05, 0) is 37.5 Å². The van der Waals surface area contributed by atoms with Crippen LogP contribution in [-0.2, 0) is 9.47 Å². The summed E-state index contributed by atoms with van der Waals surface area (Å²) in [5, 5.41) is 0. The summed E-state index contributed by atoms with van der Waals surface area (Å²) in [5.41, 5.74) is 2.12. The highest BCUT2D eigenvalue weighted by Crippen LogP contribution is 2.37. The van der Waals surface area contributed by atoms with Crippen LogP contribution in [0.25, 0.3) is 0 Å². The van der Waals surface area contributed by atoms with Gasteiger partial charge in [-0.15, -0.1) is 0 Å². The van der Waals surface area contributed by atoms with E-state index in [0.717, 1.165) is 35.5 Å². The molecule has 0 radical (unpaired) electrons. The zero-order valence-electron chi connectivity index (χ0n) is 11.9. The molecule has 0 spiro atoms. The van der Waals surface area contributed by atoms with E-state index in [0.29, 0.717) is 13.2 Å². The van der Waals surface area contributed by atoms with E-state index in [2.05, 4.69) is 13.8 Å². The third-order valence-corrected chi connectivity index (χ3v) is 2.96. The van der Waals surface area contributed by atoms with E-state index in [1.165, 1.54) is 0 Å². The van der Waals surface area contributed by atoms with E-state index in [4.69, 9.17) is 18.9 Å². The first-order valence-corrected chi connectivity index (χ1v) is 6.89. The van der Waals surface area contributed by atoms with Crippen LogP contribution in [0.5, 0.6) is 11.5 Å². The first kappa shape index (κ1) is 14.2. The Bertz CT molecular complexity index is 409. The molecular formula is C15H22O4. The van der Waals surface area contributed by atoms with Crippen LogP contribution in [0.2, 0.25) is 0 Å². The lowest BCUT2D eigenvalue weighted by Gasteiger charge is -2.20. The van der Waals surface area contributed by atoms with E-state index >= 15 is 0 Å². The van der Waals surface area contributed by atoms with Crippen molar-refractivity contribution in [2.45, 2.75) is 39.9 Å². The Morgan fingerprint density at radius 3 is 2.21 bits per heavy atom. The van der Waals surface area contributed by atoms with Gasteiger partial charge in [0.25, 0.3) is 0 Å². The fraction of sp³-hybridized carbons (Fsp3) is 0.600. The van der Waals surface area contributed by atoms with Gasteiger partial charge in [0.05, 0.1) is 0 Å². The van der Waals surface area contributed by atoms with Crippen molar-refractivity contribution in [3.8, 4) is 11.5 Å². The maximum Gasteiger partial charge on any atom is 0.231 e. The van der Waals surface area contributed by atoms with E-state index in [-0.39, 0.29) is 13.1 Å². The monoisotopic (exact) mass is 266 g/mol. The number of hydrogen-bond donors (Lipinski definition) is 0. The lowest BCUT2D eigenvalue weighted by Crippen LogP contribution is -2.11. The highest BCUT2D eigenvalue weighted by Gasteiger charge is 2.21. The molecular weight excluding hydrogens is 244 g/mol. The number of ether oxygens (including phenoxy) is 4. The molecule has 1 aromatic rings. The van der Waals surface area contributed by atoms with Crippen molar-refractivity contribution in [1.29, 1.82) is 0 Å². The molecule has 1 heterocycles. The second-order valence-electron chi connectivity index (χ2n) is 4.64. The molecule has 1 aliphatic rings. The van der Waals surface area contributed by atoms with Crippen molar-refractivity contribution >= 4 is 0 Å². The number of fused-ring (bicyclic) bond motifs is 1. The Hall–Kier alpha value is -1.26. The first-order chi connectivity index (χ1) is 9.26. The van der Waals surface area contributed by atoms with E-state index in [9.17, 15) is 0 Å². The molecule has 1 aliphatic heterocycles. The third-order valence-electron chi connectivity index (χ3n) is 2.96. The van der Waals surface area contributed by atoms with Crippen molar-refractivity contribution in [2.75, 3.05) is 20.0 Å². The predicted octanol–water partition coefficient (Wildman–Crippen LogP) is 3.58. The van der Waals surface area contributed by atoms with Gasteiger partial charge in [0.1, 0.15) is 0 Å². The Morgan fingerprint density at radius 1 is 1.05 bits per heavy atom. The largest absolute Gasteiger partial charge is 0.454 e. The molecule has 0 N–H and O–H groups in total. The maximum absolute atomic E-state index is 5.80. The quantitative estimate of drug-likeness (QED) is 0.707. The fourth-order valence-electron chi connectivity index (χ4n) is 1.99. The average Bonchev–Trinajstić information content (AvgIpc) is 2.85. The van der Waals surface area contributed by atoms with Gasteiger partial charge in [0.2, 0.25) is 6.79 Å². The van der Waals surface area contributed by atoms with E-state index < -0.39 is 0 Å². The molecule has 0 bridgehead atoms. The van der Waals surface area contributed by atoms with Crippen molar-refractivity contribution in [1.82, 2.24) is 0 Å². The minimum Gasteiger partial charge on any atom is -0.454 e. The Kier molecular flexibility index (Phi) is 5.05. The van der Waals surface area contributed by atoms with Gasteiger partial charge in [-0.1, -0.05) is 13.8 Å². The van der Waals surface area contributed by atoms with Gasteiger partial charge in [0.15, 0.2) is 17.8 Å². The molecule has 4 heteroatoms. The van der Waals surface area contributed by atoms with Crippen LogP contribution in [0.15, 0.2) is 12.1 Å². The molecule has 0 aromatic heterocycles. The fourth-order valence-corrected chi connectivity index (χ4v) is 1.99. The second-order valence-corrected chi connectivity index (χ2v) is 4.64. The molecule has 19 heavy (non-hydrogen) atoms. The van der Waals surface area contributed by atoms with Gasteiger partial charge in [-0.25, -0.2) is 0 Å². The first-order valence-electron chi connectivity index (χ1n) is 6.89. The molecule has 106 valence electrons. The van der Waals surface area contributed by atoms with Gasteiger partial charge in [0, 0.05) is 18.8 Å². The molecule has 1 aromatic carbocycles. The van der Waals surface area contributed by atoms with Crippen LogP contribution in [-0.4, -0.2) is 20.0 Å². The molecule has 0 amide bonds. The van der Waals surface area contributed by atoms with Crippen LogP contribution in [0.1, 0.15) is 44.1 Å². The molecule has 0 atom stereocenters.